The van der Waals surface area contributed by atoms with Crippen LogP contribution >= 0.6 is 0 Å². The van der Waals surface area contributed by atoms with Crippen molar-refractivity contribution in [2.45, 2.75) is 52.0 Å². The minimum atomic E-state index is -0.373. The summed E-state index contributed by atoms with van der Waals surface area (Å²) in [5.74, 6) is 0.234. The highest BCUT2D eigenvalue weighted by Crippen LogP contribution is 2.14. The SMILES string of the molecule is CC(=O)N[C@@H](CCCCN)C(=O)C[C@@H](C)Cc1ccccc1. The maximum absolute atomic E-state index is 12.4. The van der Waals surface area contributed by atoms with Crippen LogP contribution in [0.25, 0.3) is 0 Å². The maximum Gasteiger partial charge on any atom is 0.217 e. The monoisotopic (exact) mass is 304 g/mol. The van der Waals surface area contributed by atoms with E-state index < -0.39 is 0 Å². The smallest absolute Gasteiger partial charge is 0.217 e. The zero-order chi connectivity index (χ0) is 16.4. The molecule has 0 bridgehead atoms. The second-order valence-electron chi connectivity index (χ2n) is 6.00. The molecule has 0 aliphatic rings. The predicted octanol–water partition coefficient (Wildman–Crippen LogP) is 2.46. The van der Waals surface area contributed by atoms with Crippen LogP contribution < -0.4 is 11.1 Å². The summed E-state index contributed by atoms with van der Waals surface area (Å²) < 4.78 is 0. The number of hydrogen-bond acceptors (Lipinski definition) is 3. The topological polar surface area (TPSA) is 72.2 Å². The van der Waals surface area contributed by atoms with Crippen LogP contribution in [0.5, 0.6) is 0 Å². The van der Waals surface area contributed by atoms with E-state index in [1.54, 1.807) is 0 Å². The Kier molecular flexibility index (Phi) is 8.44. The van der Waals surface area contributed by atoms with Crippen molar-refractivity contribution in [1.29, 1.82) is 0 Å². The third-order valence-corrected chi connectivity index (χ3v) is 3.69. The molecule has 0 radical (unpaired) electrons. The van der Waals surface area contributed by atoms with E-state index in [0.29, 0.717) is 19.4 Å². The zero-order valence-electron chi connectivity index (χ0n) is 13.7. The molecule has 1 rings (SSSR count). The molecule has 0 aromatic heterocycles. The number of rotatable bonds is 10. The van der Waals surface area contributed by atoms with E-state index in [4.69, 9.17) is 5.73 Å². The van der Waals surface area contributed by atoms with Crippen molar-refractivity contribution in [3.8, 4) is 0 Å². The second-order valence-corrected chi connectivity index (χ2v) is 6.00. The fourth-order valence-electron chi connectivity index (χ4n) is 2.63. The highest BCUT2D eigenvalue weighted by molar-refractivity contribution is 5.88. The molecule has 0 spiro atoms. The summed E-state index contributed by atoms with van der Waals surface area (Å²) in [5.41, 5.74) is 6.72. The summed E-state index contributed by atoms with van der Waals surface area (Å²) in [5, 5.41) is 2.78. The third-order valence-electron chi connectivity index (χ3n) is 3.69. The first-order valence-corrected chi connectivity index (χ1v) is 8.06. The van der Waals surface area contributed by atoms with E-state index in [1.165, 1.54) is 12.5 Å². The molecule has 0 saturated heterocycles. The largest absolute Gasteiger partial charge is 0.347 e. The van der Waals surface area contributed by atoms with Crippen molar-refractivity contribution in [1.82, 2.24) is 5.32 Å². The van der Waals surface area contributed by atoms with Crippen molar-refractivity contribution >= 4 is 11.7 Å². The highest BCUT2D eigenvalue weighted by Gasteiger charge is 2.21. The summed E-state index contributed by atoms with van der Waals surface area (Å²) in [4.78, 5) is 23.7. The molecule has 4 heteroatoms. The van der Waals surface area contributed by atoms with Gasteiger partial charge in [-0.3, -0.25) is 9.59 Å². The number of amides is 1. The van der Waals surface area contributed by atoms with E-state index >= 15 is 0 Å². The van der Waals surface area contributed by atoms with Gasteiger partial charge in [0.25, 0.3) is 0 Å². The number of Topliss-reactive ketones (excluding diaryl/α,β-unsaturated/α-hetero) is 1. The Morgan fingerprint density at radius 3 is 2.45 bits per heavy atom. The van der Waals surface area contributed by atoms with Crippen molar-refractivity contribution in [3.05, 3.63) is 35.9 Å². The Labute approximate surface area is 133 Å². The lowest BCUT2D eigenvalue weighted by atomic mass is 9.92. The highest BCUT2D eigenvalue weighted by atomic mass is 16.2. The average Bonchev–Trinajstić information content (AvgIpc) is 2.46. The Morgan fingerprint density at radius 2 is 1.86 bits per heavy atom. The minimum absolute atomic E-state index is 0.121. The van der Waals surface area contributed by atoms with Crippen molar-refractivity contribution in [3.63, 3.8) is 0 Å². The van der Waals surface area contributed by atoms with E-state index in [-0.39, 0.29) is 23.7 Å². The van der Waals surface area contributed by atoms with E-state index in [9.17, 15) is 9.59 Å². The molecule has 2 atom stereocenters. The van der Waals surface area contributed by atoms with Crippen LogP contribution in [0.1, 0.15) is 45.1 Å². The van der Waals surface area contributed by atoms with Crippen LogP contribution in [0.4, 0.5) is 0 Å². The van der Waals surface area contributed by atoms with Gasteiger partial charge < -0.3 is 11.1 Å². The quantitative estimate of drug-likeness (QED) is 0.652. The fourth-order valence-corrected chi connectivity index (χ4v) is 2.63. The van der Waals surface area contributed by atoms with Gasteiger partial charge in [-0.05, 0) is 43.7 Å². The fraction of sp³-hybridized carbons (Fsp3) is 0.556. The lowest BCUT2D eigenvalue weighted by molar-refractivity contribution is -0.127. The number of carbonyl (C=O) groups excluding carboxylic acids is 2. The Morgan fingerprint density at radius 1 is 1.18 bits per heavy atom. The number of nitrogens with one attached hydrogen (secondary N) is 1. The minimum Gasteiger partial charge on any atom is -0.347 e. The third kappa shape index (κ3) is 7.36. The molecular weight excluding hydrogens is 276 g/mol. The summed E-state index contributed by atoms with van der Waals surface area (Å²) in [6, 6.07) is 9.79. The molecule has 0 saturated carbocycles. The van der Waals surface area contributed by atoms with Crippen LogP contribution in [0.15, 0.2) is 30.3 Å². The molecule has 0 unspecified atom stereocenters. The second kappa shape index (κ2) is 10.1. The Balaban J connectivity index is 2.51. The molecular formula is C18H28N2O2. The first-order chi connectivity index (χ1) is 10.5. The molecule has 22 heavy (non-hydrogen) atoms. The van der Waals surface area contributed by atoms with Crippen LogP contribution in [0.3, 0.4) is 0 Å². The van der Waals surface area contributed by atoms with Gasteiger partial charge in [0.15, 0.2) is 5.78 Å². The van der Waals surface area contributed by atoms with E-state index in [2.05, 4.69) is 24.4 Å². The normalized spacial score (nSPS) is 13.4. The van der Waals surface area contributed by atoms with Gasteiger partial charge in [0.1, 0.15) is 0 Å². The molecule has 1 aromatic rings. The number of ketones is 1. The van der Waals surface area contributed by atoms with Crippen LogP contribution in [-0.4, -0.2) is 24.3 Å². The summed E-state index contributed by atoms with van der Waals surface area (Å²) in [6.07, 6.45) is 3.78. The average molecular weight is 304 g/mol. The van der Waals surface area contributed by atoms with Crippen molar-refractivity contribution in [2.24, 2.45) is 11.7 Å². The van der Waals surface area contributed by atoms with Gasteiger partial charge in [-0.1, -0.05) is 37.3 Å². The number of benzene rings is 1. The summed E-state index contributed by atoms with van der Waals surface area (Å²) in [7, 11) is 0. The standard InChI is InChI=1S/C18H28N2O2/c1-14(12-16-8-4-3-5-9-16)13-18(22)17(20-15(2)21)10-6-7-11-19/h3-5,8-9,14,17H,6-7,10-13,19H2,1-2H3,(H,20,21)/t14-,17-/m0/s1. The van der Waals surface area contributed by atoms with Gasteiger partial charge in [-0.25, -0.2) is 0 Å². The Bertz CT molecular complexity index is 459. The van der Waals surface area contributed by atoms with Crippen molar-refractivity contribution < 1.29 is 9.59 Å². The maximum atomic E-state index is 12.4. The molecule has 0 aliphatic heterocycles. The number of carbonyl (C=O) groups is 2. The lowest BCUT2D eigenvalue weighted by Gasteiger charge is -2.19. The predicted molar refractivity (Wildman–Crippen MR) is 89.4 cm³/mol. The zero-order valence-corrected chi connectivity index (χ0v) is 13.7. The lowest BCUT2D eigenvalue weighted by Crippen LogP contribution is -2.40. The van der Waals surface area contributed by atoms with Gasteiger partial charge in [0, 0.05) is 13.3 Å². The van der Waals surface area contributed by atoms with E-state index in [0.717, 1.165) is 19.3 Å². The molecule has 0 heterocycles. The summed E-state index contributed by atoms with van der Waals surface area (Å²) >= 11 is 0. The van der Waals surface area contributed by atoms with E-state index in [1.807, 2.05) is 18.2 Å². The number of hydrogen-bond donors (Lipinski definition) is 2. The molecule has 122 valence electrons. The van der Waals surface area contributed by atoms with Gasteiger partial charge in [-0.15, -0.1) is 0 Å². The molecule has 4 nitrogen and oxygen atoms in total. The molecule has 1 amide bonds. The first kappa shape index (κ1) is 18.4. The number of nitrogens with two attached hydrogens (primary N) is 1. The van der Waals surface area contributed by atoms with Crippen LogP contribution in [0.2, 0.25) is 0 Å². The van der Waals surface area contributed by atoms with Crippen molar-refractivity contribution in [2.75, 3.05) is 6.54 Å². The van der Waals surface area contributed by atoms with Gasteiger partial charge in [0.05, 0.1) is 6.04 Å². The van der Waals surface area contributed by atoms with Gasteiger partial charge >= 0.3 is 0 Å². The van der Waals surface area contributed by atoms with Crippen LogP contribution in [-0.2, 0) is 16.0 Å². The number of unbranched alkanes of at least 4 members (excludes halogenated alkanes) is 1. The first-order valence-electron chi connectivity index (χ1n) is 8.06. The molecule has 3 N–H and O–H groups in total. The van der Waals surface area contributed by atoms with Crippen LogP contribution in [0, 0.1) is 5.92 Å². The van der Waals surface area contributed by atoms with Gasteiger partial charge in [-0.2, -0.15) is 0 Å². The van der Waals surface area contributed by atoms with Gasteiger partial charge in [0.2, 0.25) is 5.91 Å². The summed E-state index contributed by atoms with van der Waals surface area (Å²) in [6.45, 7) is 4.15. The molecule has 0 fully saturated rings. The molecule has 1 aromatic carbocycles. The molecule has 0 aliphatic carbocycles. The Hall–Kier alpha value is -1.68.